The summed E-state index contributed by atoms with van der Waals surface area (Å²) >= 11 is 0. The lowest BCUT2D eigenvalue weighted by Gasteiger charge is -2.23. The van der Waals surface area contributed by atoms with Gasteiger partial charge >= 0.3 is 5.97 Å². The number of carbonyl (C=O) groups excluding carboxylic acids is 2. The molecule has 0 saturated heterocycles. The molecular weight excluding hydrogens is 362 g/mol. The van der Waals surface area contributed by atoms with Gasteiger partial charge in [-0.15, -0.1) is 0 Å². The number of aliphatic hydroxyl groups is 1. The third-order valence-corrected chi connectivity index (χ3v) is 4.10. The molecule has 0 aliphatic rings. The maximum Gasteiger partial charge on any atom is 0.326 e. The molecule has 8 heteroatoms. The van der Waals surface area contributed by atoms with Crippen molar-refractivity contribution in [3.63, 3.8) is 0 Å². The van der Waals surface area contributed by atoms with Crippen molar-refractivity contribution in [3.05, 3.63) is 71.8 Å². The summed E-state index contributed by atoms with van der Waals surface area (Å²) in [5.74, 6) is -2.72. The van der Waals surface area contributed by atoms with Crippen molar-refractivity contribution < 1.29 is 24.6 Å². The molecule has 6 N–H and O–H groups in total. The van der Waals surface area contributed by atoms with E-state index < -0.39 is 36.0 Å². The van der Waals surface area contributed by atoms with Gasteiger partial charge in [-0.25, -0.2) is 4.79 Å². The highest BCUT2D eigenvalue weighted by Gasteiger charge is 2.29. The standard InChI is InChI=1S/C20H23N3O5/c21-12-16(24)18(25)23-17(14-9-5-2-6-10-14)19(26)22-15(20(27)28)11-13-7-3-1-4-8-13/h1-10,15-17,24H,11-12,21H2,(H,22,26)(H,23,25)(H,27,28). The van der Waals surface area contributed by atoms with Crippen LogP contribution in [0.1, 0.15) is 17.2 Å². The predicted molar refractivity (Wildman–Crippen MR) is 102 cm³/mol. The van der Waals surface area contributed by atoms with Gasteiger partial charge in [0.2, 0.25) is 5.91 Å². The molecule has 2 amide bonds. The van der Waals surface area contributed by atoms with Crippen LogP contribution in [0.4, 0.5) is 0 Å². The summed E-state index contributed by atoms with van der Waals surface area (Å²) in [5.41, 5.74) is 6.47. The molecule has 148 valence electrons. The van der Waals surface area contributed by atoms with Crippen LogP contribution < -0.4 is 16.4 Å². The lowest BCUT2D eigenvalue weighted by molar-refractivity contribution is -0.142. The van der Waals surface area contributed by atoms with Gasteiger partial charge in [0.25, 0.3) is 5.91 Å². The van der Waals surface area contributed by atoms with Crippen LogP contribution in [0.15, 0.2) is 60.7 Å². The second-order valence-electron chi connectivity index (χ2n) is 6.19. The molecule has 8 nitrogen and oxygen atoms in total. The van der Waals surface area contributed by atoms with Crippen LogP contribution in [-0.4, -0.2) is 46.7 Å². The van der Waals surface area contributed by atoms with Gasteiger partial charge < -0.3 is 26.6 Å². The normalized spacial score (nSPS) is 13.8. The Balaban J connectivity index is 2.19. The molecule has 2 aromatic carbocycles. The molecule has 0 radical (unpaired) electrons. The van der Waals surface area contributed by atoms with Gasteiger partial charge in [0, 0.05) is 13.0 Å². The van der Waals surface area contributed by atoms with Crippen LogP contribution in [-0.2, 0) is 20.8 Å². The van der Waals surface area contributed by atoms with E-state index in [4.69, 9.17) is 5.73 Å². The topological polar surface area (TPSA) is 142 Å². The van der Waals surface area contributed by atoms with Crippen LogP contribution in [0.25, 0.3) is 0 Å². The number of nitrogens with one attached hydrogen (secondary N) is 2. The fraction of sp³-hybridized carbons (Fsp3) is 0.250. The lowest BCUT2D eigenvalue weighted by Crippen LogP contribution is -2.50. The molecule has 0 aliphatic carbocycles. The number of carboxylic acids is 1. The fourth-order valence-corrected chi connectivity index (χ4v) is 2.60. The summed E-state index contributed by atoms with van der Waals surface area (Å²) in [5, 5.41) is 24.0. The zero-order chi connectivity index (χ0) is 20.5. The molecule has 3 unspecified atom stereocenters. The smallest absolute Gasteiger partial charge is 0.326 e. The van der Waals surface area contributed by atoms with E-state index >= 15 is 0 Å². The van der Waals surface area contributed by atoms with Crippen LogP contribution in [0.3, 0.4) is 0 Å². The number of aliphatic carboxylic acids is 1. The van der Waals surface area contributed by atoms with Gasteiger partial charge in [-0.2, -0.15) is 0 Å². The minimum absolute atomic E-state index is 0.0861. The largest absolute Gasteiger partial charge is 0.480 e. The highest BCUT2D eigenvalue weighted by atomic mass is 16.4. The highest BCUT2D eigenvalue weighted by Crippen LogP contribution is 2.14. The number of rotatable bonds is 9. The fourth-order valence-electron chi connectivity index (χ4n) is 2.60. The number of amides is 2. The zero-order valence-corrected chi connectivity index (χ0v) is 15.1. The van der Waals surface area contributed by atoms with Gasteiger partial charge in [-0.3, -0.25) is 9.59 Å². The van der Waals surface area contributed by atoms with Crippen molar-refractivity contribution in [1.29, 1.82) is 0 Å². The van der Waals surface area contributed by atoms with Crippen molar-refractivity contribution in [2.45, 2.75) is 24.6 Å². The van der Waals surface area contributed by atoms with Crippen molar-refractivity contribution in [2.24, 2.45) is 5.73 Å². The van der Waals surface area contributed by atoms with Crippen molar-refractivity contribution in [2.75, 3.05) is 6.54 Å². The second kappa shape index (κ2) is 10.2. The summed E-state index contributed by atoms with van der Waals surface area (Å²) in [6.45, 7) is -0.305. The van der Waals surface area contributed by atoms with E-state index in [0.717, 1.165) is 5.56 Å². The Bertz CT molecular complexity index is 798. The average molecular weight is 385 g/mol. The zero-order valence-electron chi connectivity index (χ0n) is 15.1. The molecule has 0 fully saturated rings. The molecule has 0 aliphatic heterocycles. The molecular formula is C20H23N3O5. The van der Waals surface area contributed by atoms with Crippen molar-refractivity contribution >= 4 is 17.8 Å². The third-order valence-electron chi connectivity index (χ3n) is 4.10. The Morgan fingerprint density at radius 2 is 1.46 bits per heavy atom. The van der Waals surface area contributed by atoms with Gasteiger partial charge in [0.15, 0.2) is 0 Å². The Hall–Kier alpha value is -3.23. The highest BCUT2D eigenvalue weighted by molar-refractivity contribution is 5.92. The minimum atomic E-state index is -1.47. The molecule has 2 rings (SSSR count). The van der Waals surface area contributed by atoms with Crippen LogP contribution in [0.5, 0.6) is 0 Å². The van der Waals surface area contributed by atoms with Crippen LogP contribution in [0.2, 0.25) is 0 Å². The second-order valence-corrected chi connectivity index (χ2v) is 6.19. The molecule has 3 atom stereocenters. The molecule has 0 saturated carbocycles. The van der Waals surface area contributed by atoms with E-state index in [1.807, 2.05) is 6.07 Å². The predicted octanol–water partition coefficient (Wildman–Crippen LogP) is -0.0244. The SMILES string of the molecule is NCC(O)C(=O)NC(C(=O)NC(Cc1ccccc1)C(=O)O)c1ccccc1. The molecule has 0 bridgehead atoms. The first kappa shape index (κ1) is 21.1. The summed E-state index contributed by atoms with van der Waals surface area (Å²) in [7, 11) is 0. The van der Waals surface area contributed by atoms with Crippen LogP contribution in [0, 0.1) is 0 Å². The van der Waals surface area contributed by atoms with Gasteiger partial charge in [0.05, 0.1) is 0 Å². The van der Waals surface area contributed by atoms with Crippen LogP contribution >= 0.6 is 0 Å². The van der Waals surface area contributed by atoms with E-state index in [0.29, 0.717) is 5.56 Å². The Labute approximate surface area is 162 Å². The maximum absolute atomic E-state index is 12.8. The number of aliphatic hydroxyl groups excluding tert-OH is 1. The van der Waals surface area contributed by atoms with Gasteiger partial charge in [0.1, 0.15) is 18.2 Å². The summed E-state index contributed by atoms with van der Waals surface area (Å²) in [6, 6.07) is 14.9. The molecule has 2 aromatic rings. The van der Waals surface area contributed by atoms with Gasteiger partial charge in [-0.05, 0) is 11.1 Å². The number of benzene rings is 2. The van der Waals surface area contributed by atoms with E-state index in [2.05, 4.69) is 10.6 Å². The first-order chi connectivity index (χ1) is 13.4. The minimum Gasteiger partial charge on any atom is -0.480 e. The van der Waals surface area contributed by atoms with E-state index in [1.54, 1.807) is 54.6 Å². The Morgan fingerprint density at radius 1 is 0.893 bits per heavy atom. The van der Waals surface area contributed by atoms with Crippen molar-refractivity contribution in [3.8, 4) is 0 Å². The molecule has 0 aromatic heterocycles. The lowest BCUT2D eigenvalue weighted by atomic mass is 10.0. The van der Waals surface area contributed by atoms with E-state index in [-0.39, 0.29) is 13.0 Å². The van der Waals surface area contributed by atoms with E-state index in [1.165, 1.54) is 0 Å². The number of carbonyl (C=O) groups is 3. The quantitative estimate of drug-likeness (QED) is 0.411. The van der Waals surface area contributed by atoms with Crippen molar-refractivity contribution in [1.82, 2.24) is 10.6 Å². The summed E-state index contributed by atoms with van der Waals surface area (Å²) in [6.07, 6.45) is -1.39. The number of hydrogen-bond donors (Lipinski definition) is 5. The van der Waals surface area contributed by atoms with Gasteiger partial charge in [-0.1, -0.05) is 60.7 Å². The number of nitrogens with two attached hydrogens (primary N) is 1. The molecule has 28 heavy (non-hydrogen) atoms. The number of hydrogen-bond acceptors (Lipinski definition) is 5. The summed E-state index contributed by atoms with van der Waals surface area (Å²) < 4.78 is 0. The average Bonchev–Trinajstić information content (AvgIpc) is 2.71. The molecule has 0 spiro atoms. The Kier molecular flexibility index (Phi) is 7.67. The third kappa shape index (κ3) is 5.90. The first-order valence-electron chi connectivity index (χ1n) is 8.73. The Morgan fingerprint density at radius 3 is 2.00 bits per heavy atom. The first-order valence-corrected chi connectivity index (χ1v) is 8.73. The summed E-state index contributed by atoms with van der Waals surface area (Å²) in [4.78, 5) is 36.4. The van der Waals surface area contributed by atoms with E-state index in [9.17, 15) is 24.6 Å². The molecule has 0 heterocycles. The number of carboxylic acid groups (broad SMARTS) is 1. The monoisotopic (exact) mass is 385 g/mol. The maximum atomic E-state index is 12.8.